The van der Waals surface area contributed by atoms with E-state index in [1.807, 2.05) is 0 Å². The summed E-state index contributed by atoms with van der Waals surface area (Å²) in [5.41, 5.74) is 1.47. The Morgan fingerprint density at radius 2 is 2.10 bits per heavy atom. The summed E-state index contributed by atoms with van der Waals surface area (Å²) in [6.07, 6.45) is 0.992. The predicted octanol–water partition coefficient (Wildman–Crippen LogP) is 3.42. The number of alkyl halides is 2. The van der Waals surface area contributed by atoms with E-state index in [9.17, 15) is 18.0 Å². The zero-order valence-corrected chi connectivity index (χ0v) is 15.7. The van der Waals surface area contributed by atoms with Gasteiger partial charge in [0.1, 0.15) is 17.9 Å². The van der Waals surface area contributed by atoms with Gasteiger partial charge in [-0.2, -0.15) is 5.10 Å². The fraction of sp³-hybridized carbons (Fsp3) is 0.350. The summed E-state index contributed by atoms with van der Waals surface area (Å²) in [7, 11) is 1.63. The largest absolute Gasteiger partial charge is 0.380 e. The van der Waals surface area contributed by atoms with Crippen LogP contribution in [0.2, 0.25) is 0 Å². The van der Waals surface area contributed by atoms with Crippen LogP contribution >= 0.6 is 0 Å². The number of likely N-dealkylation sites (tertiary alicyclic amines) is 1. The van der Waals surface area contributed by atoms with Gasteiger partial charge in [0, 0.05) is 32.0 Å². The maximum Gasteiger partial charge on any atom is 0.266 e. The number of ether oxygens (including phenoxy) is 1. The van der Waals surface area contributed by atoms with Gasteiger partial charge < -0.3 is 9.64 Å². The van der Waals surface area contributed by atoms with E-state index in [4.69, 9.17) is 4.74 Å². The van der Waals surface area contributed by atoms with E-state index < -0.39 is 17.8 Å². The fourth-order valence-corrected chi connectivity index (χ4v) is 3.51. The lowest BCUT2D eigenvalue weighted by Crippen LogP contribution is -2.33. The second kappa shape index (κ2) is 7.82. The van der Waals surface area contributed by atoms with Gasteiger partial charge in [-0.3, -0.25) is 14.5 Å². The molecule has 1 aliphatic rings. The van der Waals surface area contributed by atoms with Crippen molar-refractivity contribution < 1.29 is 22.7 Å². The quantitative estimate of drug-likeness (QED) is 0.654. The van der Waals surface area contributed by atoms with Crippen molar-refractivity contribution in [1.29, 1.82) is 0 Å². The summed E-state index contributed by atoms with van der Waals surface area (Å²) < 4.78 is 46.4. The smallest absolute Gasteiger partial charge is 0.266 e. The van der Waals surface area contributed by atoms with Crippen LogP contribution in [-0.2, 0) is 16.1 Å². The second-order valence-electron chi connectivity index (χ2n) is 6.95. The Hall–Kier alpha value is -2.94. The maximum absolute atomic E-state index is 13.6. The van der Waals surface area contributed by atoms with Gasteiger partial charge in [0.15, 0.2) is 0 Å². The lowest BCUT2D eigenvalue weighted by Gasteiger charge is -2.16. The van der Waals surface area contributed by atoms with Gasteiger partial charge in [0.2, 0.25) is 5.91 Å². The number of amides is 1. The van der Waals surface area contributed by atoms with Gasteiger partial charge in [-0.05, 0) is 30.2 Å². The topological polar surface area (TPSA) is 60.2 Å². The van der Waals surface area contributed by atoms with E-state index in [-0.39, 0.29) is 18.6 Å². The van der Waals surface area contributed by atoms with E-state index in [2.05, 4.69) is 10.1 Å². The number of nitrogens with zero attached hydrogens (tertiary/aromatic N) is 4. The van der Waals surface area contributed by atoms with Crippen LogP contribution in [0.15, 0.2) is 36.7 Å². The third kappa shape index (κ3) is 3.82. The van der Waals surface area contributed by atoms with Crippen LogP contribution in [0.25, 0.3) is 22.2 Å². The number of hydrogen-bond acceptors (Lipinski definition) is 4. The van der Waals surface area contributed by atoms with Crippen LogP contribution in [0.4, 0.5) is 13.2 Å². The highest BCUT2D eigenvalue weighted by atomic mass is 19.3. The Bertz CT molecular complexity index is 1050. The average molecular weight is 404 g/mol. The van der Waals surface area contributed by atoms with Crippen molar-refractivity contribution in [2.45, 2.75) is 25.5 Å². The first-order valence-corrected chi connectivity index (χ1v) is 9.16. The Labute approximate surface area is 164 Å². The van der Waals surface area contributed by atoms with Gasteiger partial charge >= 0.3 is 0 Å². The SMILES string of the molecule is CO[C@@H]1CCN(C(=O)Cn2ncc3ncc(-c4ccc(F)c(C(F)F)c4)cc32)C1. The number of methoxy groups -OCH3 is 1. The highest BCUT2D eigenvalue weighted by Gasteiger charge is 2.26. The van der Waals surface area contributed by atoms with Crippen molar-refractivity contribution in [3.8, 4) is 11.1 Å². The molecule has 0 bridgehead atoms. The van der Waals surface area contributed by atoms with Crippen LogP contribution in [-0.4, -0.2) is 51.9 Å². The number of fused-ring (bicyclic) bond motifs is 1. The molecule has 1 saturated heterocycles. The van der Waals surface area contributed by atoms with Gasteiger partial charge in [0.25, 0.3) is 6.43 Å². The summed E-state index contributed by atoms with van der Waals surface area (Å²) in [6, 6.07) is 5.27. The highest BCUT2D eigenvalue weighted by Crippen LogP contribution is 2.29. The summed E-state index contributed by atoms with van der Waals surface area (Å²) >= 11 is 0. The lowest BCUT2D eigenvalue weighted by atomic mass is 10.0. The molecule has 9 heteroatoms. The minimum atomic E-state index is -2.91. The number of aromatic nitrogens is 3. The molecule has 1 atom stereocenters. The lowest BCUT2D eigenvalue weighted by molar-refractivity contribution is -0.131. The highest BCUT2D eigenvalue weighted by molar-refractivity contribution is 5.83. The Morgan fingerprint density at radius 3 is 2.83 bits per heavy atom. The Balaban J connectivity index is 1.62. The molecule has 1 amide bonds. The van der Waals surface area contributed by atoms with E-state index in [1.54, 1.807) is 24.3 Å². The summed E-state index contributed by atoms with van der Waals surface area (Å²) in [5, 5.41) is 4.24. The van der Waals surface area contributed by atoms with Crippen LogP contribution in [0.1, 0.15) is 18.4 Å². The van der Waals surface area contributed by atoms with Crippen LogP contribution in [0.3, 0.4) is 0 Å². The first-order valence-electron chi connectivity index (χ1n) is 9.16. The molecule has 0 spiro atoms. The second-order valence-corrected chi connectivity index (χ2v) is 6.95. The molecule has 0 unspecified atom stereocenters. The number of pyridine rings is 1. The van der Waals surface area contributed by atoms with E-state index >= 15 is 0 Å². The molecule has 6 nitrogen and oxygen atoms in total. The predicted molar refractivity (Wildman–Crippen MR) is 99.9 cm³/mol. The molecule has 152 valence electrons. The van der Waals surface area contributed by atoms with Crippen molar-refractivity contribution in [2.75, 3.05) is 20.2 Å². The van der Waals surface area contributed by atoms with Crippen molar-refractivity contribution in [1.82, 2.24) is 19.7 Å². The molecule has 2 aromatic heterocycles. The minimum absolute atomic E-state index is 0.0385. The molecule has 4 rings (SSSR count). The summed E-state index contributed by atoms with van der Waals surface area (Å²) in [4.78, 5) is 18.6. The molecular formula is C20H19F3N4O2. The van der Waals surface area contributed by atoms with E-state index in [0.29, 0.717) is 35.2 Å². The Morgan fingerprint density at radius 1 is 1.28 bits per heavy atom. The number of halogens is 3. The third-order valence-electron chi connectivity index (χ3n) is 5.18. The first-order chi connectivity index (χ1) is 14.0. The molecule has 1 fully saturated rings. The minimum Gasteiger partial charge on any atom is -0.380 e. The molecule has 0 radical (unpaired) electrons. The Kier molecular flexibility index (Phi) is 5.23. The molecule has 1 aromatic carbocycles. The van der Waals surface area contributed by atoms with Gasteiger partial charge in [-0.15, -0.1) is 0 Å². The zero-order valence-electron chi connectivity index (χ0n) is 15.7. The van der Waals surface area contributed by atoms with Gasteiger partial charge in [0.05, 0.1) is 23.4 Å². The maximum atomic E-state index is 13.6. The standard InChI is InChI=1S/C20H19F3N4O2/c1-29-14-4-5-26(10-14)19(28)11-27-18-7-13(8-24-17(18)9-25-27)12-2-3-16(21)15(6-12)20(22)23/h2-3,6-9,14,20H,4-5,10-11H2,1H3/t14-/m1/s1. The molecule has 0 saturated carbocycles. The van der Waals surface area contributed by atoms with Crippen LogP contribution < -0.4 is 0 Å². The van der Waals surface area contributed by atoms with Crippen LogP contribution in [0, 0.1) is 5.82 Å². The number of benzene rings is 1. The van der Waals surface area contributed by atoms with Crippen molar-refractivity contribution in [2.24, 2.45) is 0 Å². The van der Waals surface area contributed by atoms with E-state index in [0.717, 1.165) is 18.6 Å². The molecule has 29 heavy (non-hydrogen) atoms. The molecule has 1 aliphatic heterocycles. The number of hydrogen-bond donors (Lipinski definition) is 0. The normalized spacial score (nSPS) is 16.9. The van der Waals surface area contributed by atoms with E-state index in [1.165, 1.54) is 16.9 Å². The summed E-state index contributed by atoms with van der Waals surface area (Å²) in [6.45, 7) is 1.22. The van der Waals surface area contributed by atoms with Crippen molar-refractivity contribution in [3.05, 3.63) is 48.0 Å². The first kappa shape index (κ1) is 19.4. The molecule has 0 aliphatic carbocycles. The fourth-order valence-electron chi connectivity index (χ4n) is 3.51. The average Bonchev–Trinajstić information content (AvgIpc) is 3.35. The molecular weight excluding hydrogens is 385 g/mol. The van der Waals surface area contributed by atoms with Crippen molar-refractivity contribution >= 4 is 16.9 Å². The number of carbonyl (C=O) groups excluding carboxylic acids is 1. The number of carbonyl (C=O) groups is 1. The van der Waals surface area contributed by atoms with Crippen molar-refractivity contribution in [3.63, 3.8) is 0 Å². The molecule has 3 heterocycles. The monoisotopic (exact) mass is 404 g/mol. The summed E-state index contributed by atoms with van der Waals surface area (Å²) in [5.74, 6) is -1.03. The molecule has 0 N–H and O–H groups in total. The zero-order chi connectivity index (χ0) is 20.5. The number of rotatable bonds is 5. The molecule has 3 aromatic rings. The van der Waals surface area contributed by atoms with Gasteiger partial charge in [-0.1, -0.05) is 6.07 Å². The van der Waals surface area contributed by atoms with Crippen LogP contribution in [0.5, 0.6) is 0 Å². The third-order valence-corrected chi connectivity index (χ3v) is 5.18. The van der Waals surface area contributed by atoms with Gasteiger partial charge in [-0.25, -0.2) is 13.2 Å².